The van der Waals surface area contributed by atoms with E-state index < -0.39 is 10.8 Å². The molecule has 3 rings (SSSR count). The summed E-state index contributed by atoms with van der Waals surface area (Å²) in [4.78, 5) is 37.2. The van der Waals surface area contributed by atoms with Crippen molar-refractivity contribution < 1.29 is 14.5 Å². The minimum absolute atomic E-state index is 0.0634. The van der Waals surface area contributed by atoms with Gasteiger partial charge in [0.2, 0.25) is 11.8 Å². The van der Waals surface area contributed by atoms with Gasteiger partial charge in [0.05, 0.1) is 22.1 Å². The molecule has 1 saturated heterocycles. The molecule has 0 bridgehead atoms. The van der Waals surface area contributed by atoms with Gasteiger partial charge in [0, 0.05) is 29.7 Å². The number of hydrogen-bond acceptors (Lipinski definition) is 4. The highest BCUT2D eigenvalue weighted by atomic mass is 35.5. The van der Waals surface area contributed by atoms with Crippen LogP contribution in [0.5, 0.6) is 0 Å². The number of anilines is 2. The first kappa shape index (κ1) is 18.8. The molecule has 2 amide bonds. The second kappa shape index (κ2) is 7.36. The fourth-order valence-corrected chi connectivity index (χ4v) is 3.37. The van der Waals surface area contributed by atoms with E-state index in [-0.39, 0.29) is 30.5 Å². The van der Waals surface area contributed by atoms with Crippen molar-refractivity contribution in [1.29, 1.82) is 0 Å². The molecule has 2 aromatic rings. The summed E-state index contributed by atoms with van der Waals surface area (Å²) in [6, 6.07) is 9.81. The molecule has 27 heavy (non-hydrogen) atoms. The SMILES string of the molecule is Cc1c(Cl)cccc1N1C[C@@H](C(=O)Nc2cccc([N+](=O)[O-])c2C)CC1=O. The highest BCUT2D eigenvalue weighted by Crippen LogP contribution is 2.32. The van der Waals surface area contributed by atoms with Crippen LogP contribution in [0.2, 0.25) is 5.02 Å². The van der Waals surface area contributed by atoms with Gasteiger partial charge in [0.15, 0.2) is 0 Å². The van der Waals surface area contributed by atoms with Gasteiger partial charge in [-0.2, -0.15) is 0 Å². The maximum absolute atomic E-state index is 12.6. The summed E-state index contributed by atoms with van der Waals surface area (Å²) in [6.45, 7) is 3.64. The minimum Gasteiger partial charge on any atom is -0.325 e. The van der Waals surface area contributed by atoms with E-state index in [0.29, 0.717) is 22.0 Å². The number of carbonyl (C=O) groups is 2. The molecule has 0 aliphatic carbocycles. The lowest BCUT2D eigenvalue weighted by molar-refractivity contribution is -0.385. The lowest BCUT2D eigenvalue weighted by atomic mass is 10.1. The lowest BCUT2D eigenvalue weighted by Crippen LogP contribution is -2.28. The Bertz CT molecular complexity index is 945. The number of amides is 2. The topological polar surface area (TPSA) is 92.6 Å². The number of carbonyl (C=O) groups excluding carboxylic acids is 2. The predicted octanol–water partition coefficient (Wildman–Crippen LogP) is 3.86. The first-order chi connectivity index (χ1) is 12.8. The molecule has 2 aromatic carbocycles. The van der Waals surface area contributed by atoms with E-state index in [4.69, 9.17) is 11.6 Å². The standard InChI is InChI=1S/C19H18ClN3O4/c1-11-14(20)5-3-7-16(11)22-10-13(9-18(22)24)19(25)21-15-6-4-8-17(12(15)2)23(26)27/h3-8,13H,9-10H2,1-2H3,(H,21,25)/t13-/m0/s1. The fraction of sp³-hybridized carbons (Fsp3) is 0.263. The molecule has 0 saturated carbocycles. The van der Waals surface area contributed by atoms with E-state index >= 15 is 0 Å². The van der Waals surface area contributed by atoms with E-state index in [9.17, 15) is 19.7 Å². The normalized spacial score (nSPS) is 16.5. The molecule has 7 nitrogen and oxygen atoms in total. The predicted molar refractivity (Wildman–Crippen MR) is 103 cm³/mol. The summed E-state index contributed by atoms with van der Waals surface area (Å²) < 4.78 is 0. The number of nitrogens with one attached hydrogen (secondary N) is 1. The Hall–Kier alpha value is -2.93. The highest BCUT2D eigenvalue weighted by molar-refractivity contribution is 6.31. The summed E-state index contributed by atoms with van der Waals surface area (Å²) in [5.74, 6) is -1.04. The number of nitrogens with zero attached hydrogens (tertiary/aromatic N) is 2. The van der Waals surface area contributed by atoms with Crippen LogP contribution in [0.15, 0.2) is 36.4 Å². The highest BCUT2D eigenvalue weighted by Gasteiger charge is 2.36. The van der Waals surface area contributed by atoms with Crippen molar-refractivity contribution in [1.82, 2.24) is 0 Å². The van der Waals surface area contributed by atoms with Gasteiger partial charge in [-0.3, -0.25) is 19.7 Å². The Labute approximate surface area is 161 Å². The molecule has 1 fully saturated rings. The summed E-state index contributed by atoms with van der Waals surface area (Å²) in [5, 5.41) is 14.3. The third-order valence-corrected chi connectivity index (χ3v) is 5.19. The summed E-state index contributed by atoms with van der Waals surface area (Å²) in [6.07, 6.45) is 0.0752. The van der Waals surface area contributed by atoms with Gasteiger partial charge in [0.1, 0.15) is 0 Å². The van der Waals surface area contributed by atoms with Crippen LogP contribution in [0, 0.1) is 29.9 Å². The third kappa shape index (κ3) is 3.64. The monoisotopic (exact) mass is 387 g/mol. The Balaban J connectivity index is 1.78. The molecule has 0 radical (unpaired) electrons. The second-order valence-electron chi connectivity index (χ2n) is 6.49. The molecule has 8 heteroatoms. The summed E-state index contributed by atoms with van der Waals surface area (Å²) in [5.41, 5.74) is 2.16. The van der Waals surface area contributed by atoms with Crippen LogP contribution in [0.1, 0.15) is 17.5 Å². The van der Waals surface area contributed by atoms with Crippen molar-refractivity contribution in [2.24, 2.45) is 5.92 Å². The van der Waals surface area contributed by atoms with Crippen molar-refractivity contribution in [3.8, 4) is 0 Å². The van der Waals surface area contributed by atoms with Crippen LogP contribution in [-0.2, 0) is 9.59 Å². The molecule has 1 N–H and O–H groups in total. The molecule has 1 atom stereocenters. The minimum atomic E-state index is -0.547. The third-order valence-electron chi connectivity index (χ3n) is 4.79. The number of nitro benzene ring substituents is 1. The van der Waals surface area contributed by atoms with E-state index in [0.717, 1.165) is 5.56 Å². The van der Waals surface area contributed by atoms with Crippen LogP contribution in [0.3, 0.4) is 0 Å². The van der Waals surface area contributed by atoms with Gasteiger partial charge >= 0.3 is 0 Å². The Morgan fingerprint density at radius 3 is 2.63 bits per heavy atom. The average molecular weight is 388 g/mol. The Morgan fingerprint density at radius 2 is 1.93 bits per heavy atom. The van der Waals surface area contributed by atoms with Crippen molar-refractivity contribution in [2.75, 3.05) is 16.8 Å². The average Bonchev–Trinajstić information content (AvgIpc) is 3.00. The van der Waals surface area contributed by atoms with Gasteiger partial charge in [-0.25, -0.2) is 0 Å². The van der Waals surface area contributed by atoms with E-state index in [1.54, 1.807) is 36.1 Å². The Morgan fingerprint density at radius 1 is 1.22 bits per heavy atom. The first-order valence-corrected chi connectivity index (χ1v) is 8.77. The van der Waals surface area contributed by atoms with Crippen LogP contribution >= 0.6 is 11.6 Å². The Kier molecular flexibility index (Phi) is 5.14. The van der Waals surface area contributed by atoms with Crippen molar-refractivity contribution >= 4 is 40.5 Å². The molecule has 1 aliphatic heterocycles. The summed E-state index contributed by atoms with van der Waals surface area (Å²) >= 11 is 6.13. The molecule has 1 aliphatic rings. The number of benzene rings is 2. The fourth-order valence-electron chi connectivity index (χ4n) is 3.20. The number of halogens is 1. The number of hydrogen-bond donors (Lipinski definition) is 1. The maximum Gasteiger partial charge on any atom is 0.274 e. The first-order valence-electron chi connectivity index (χ1n) is 8.40. The maximum atomic E-state index is 12.6. The van der Waals surface area contributed by atoms with Crippen molar-refractivity contribution in [3.05, 3.63) is 62.7 Å². The van der Waals surface area contributed by atoms with E-state index in [1.165, 1.54) is 12.1 Å². The number of nitro groups is 1. The number of rotatable bonds is 4. The van der Waals surface area contributed by atoms with Gasteiger partial charge in [0.25, 0.3) is 5.69 Å². The van der Waals surface area contributed by atoms with Crippen molar-refractivity contribution in [2.45, 2.75) is 20.3 Å². The molecule has 0 spiro atoms. The molecule has 1 heterocycles. The second-order valence-corrected chi connectivity index (χ2v) is 6.89. The van der Waals surface area contributed by atoms with Gasteiger partial charge in [-0.15, -0.1) is 0 Å². The quantitative estimate of drug-likeness (QED) is 0.636. The van der Waals surface area contributed by atoms with Crippen molar-refractivity contribution in [3.63, 3.8) is 0 Å². The molecule has 0 unspecified atom stereocenters. The molecular formula is C19H18ClN3O4. The lowest BCUT2D eigenvalue weighted by Gasteiger charge is -2.19. The molecule has 0 aromatic heterocycles. The summed E-state index contributed by atoms with van der Waals surface area (Å²) in [7, 11) is 0. The molecule has 140 valence electrons. The van der Waals surface area contributed by atoms with Crippen LogP contribution in [0.4, 0.5) is 17.1 Å². The van der Waals surface area contributed by atoms with E-state index in [2.05, 4.69) is 5.32 Å². The zero-order chi connectivity index (χ0) is 19.7. The van der Waals surface area contributed by atoms with Gasteiger partial charge < -0.3 is 10.2 Å². The zero-order valence-electron chi connectivity index (χ0n) is 14.9. The zero-order valence-corrected chi connectivity index (χ0v) is 15.6. The molecular weight excluding hydrogens is 370 g/mol. The van der Waals surface area contributed by atoms with E-state index in [1.807, 2.05) is 6.92 Å². The van der Waals surface area contributed by atoms with Crippen LogP contribution in [0.25, 0.3) is 0 Å². The largest absolute Gasteiger partial charge is 0.325 e. The van der Waals surface area contributed by atoms with Crippen LogP contribution < -0.4 is 10.2 Å². The van der Waals surface area contributed by atoms with Gasteiger partial charge in [-0.05, 0) is 37.6 Å². The van der Waals surface area contributed by atoms with Gasteiger partial charge in [-0.1, -0.05) is 23.7 Å². The smallest absolute Gasteiger partial charge is 0.274 e. The van der Waals surface area contributed by atoms with Crippen LogP contribution in [-0.4, -0.2) is 23.3 Å².